The van der Waals surface area contributed by atoms with Gasteiger partial charge in [-0.15, -0.1) is 0 Å². The van der Waals surface area contributed by atoms with Crippen LogP contribution in [0.4, 0.5) is 11.4 Å². The molecule has 1 aromatic carbocycles. The van der Waals surface area contributed by atoms with Crippen LogP contribution in [0, 0.1) is 5.41 Å². The first-order chi connectivity index (χ1) is 7.99. The maximum atomic E-state index is 6.01. The van der Waals surface area contributed by atoms with Gasteiger partial charge in [-0.1, -0.05) is 38.3 Å². The van der Waals surface area contributed by atoms with E-state index in [0.717, 1.165) is 16.4 Å². The highest BCUT2D eigenvalue weighted by Gasteiger charge is 2.32. The fourth-order valence-electron chi connectivity index (χ4n) is 2.60. The molecule has 0 spiro atoms. The molecule has 0 heterocycles. The number of halogens is 1. The van der Waals surface area contributed by atoms with Crippen LogP contribution in [0.2, 0.25) is 5.02 Å². The van der Waals surface area contributed by atoms with E-state index in [0.29, 0.717) is 11.5 Å². The lowest BCUT2D eigenvalue weighted by Gasteiger charge is -2.39. The zero-order valence-corrected chi connectivity index (χ0v) is 11.3. The summed E-state index contributed by atoms with van der Waals surface area (Å²) in [5.41, 5.74) is 8.04. The molecule has 1 aliphatic rings. The summed E-state index contributed by atoms with van der Waals surface area (Å²) in [4.78, 5) is 0. The zero-order chi connectivity index (χ0) is 12.5. The topological polar surface area (TPSA) is 38.0 Å². The summed E-state index contributed by atoms with van der Waals surface area (Å²) >= 11 is 6.01. The van der Waals surface area contributed by atoms with Crippen LogP contribution in [0.1, 0.15) is 39.5 Å². The van der Waals surface area contributed by atoms with E-state index in [4.69, 9.17) is 17.3 Å². The Labute approximate surface area is 109 Å². The van der Waals surface area contributed by atoms with E-state index in [1.54, 1.807) is 0 Å². The molecule has 0 aromatic heterocycles. The molecule has 0 radical (unpaired) electrons. The molecule has 1 aliphatic carbocycles. The van der Waals surface area contributed by atoms with E-state index in [2.05, 4.69) is 19.2 Å². The first-order valence-electron chi connectivity index (χ1n) is 6.30. The van der Waals surface area contributed by atoms with Gasteiger partial charge in [0.15, 0.2) is 0 Å². The van der Waals surface area contributed by atoms with Gasteiger partial charge in [0.2, 0.25) is 0 Å². The van der Waals surface area contributed by atoms with Crippen molar-refractivity contribution in [2.24, 2.45) is 5.41 Å². The molecule has 1 saturated carbocycles. The van der Waals surface area contributed by atoms with E-state index in [1.165, 1.54) is 25.7 Å². The Balaban J connectivity index is 2.16. The molecule has 0 bridgehead atoms. The molecule has 17 heavy (non-hydrogen) atoms. The van der Waals surface area contributed by atoms with E-state index in [9.17, 15) is 0 Å². The lowest BCUT2D eigenvalue weighted by molar-refractivity contribution is 0.217. The second-order valence-electron chi connectivity index (χ2n) is 5.66. The normalized spacial score (nSPS) is 23.4. The standard InChI is InChI=1S/C14H21ClN2/c1-14(2)8-4-3-5-13(14)17-12-9-10(15)6-7-11(12)16/h6-7,9,13,17H,3-5,8,16H2,1-2H3. The van der Waals surface area contributed by atoms with Gasteiger partial charge in [0, 0.05) is 11.1 Å². The van der Waals surface area contributed by atoms with Crippen LogP contribution in [0.25, 0.3) is 0 Å². The average molecular weight is 253 g/mol. The van der Waals surface area contributed by atoms with Gasteiger partial charge in [-0.2, -0.15) is 0 Å². The molecule has 94 valence electrons. The molecular formula is C14H21ClN2. The minimum atomic E-state index is 0.326. The van der Waals surface area contributed by atoms with Gasteiger partial charge in [-0.3, -0.25) is 0 Å². The average Bonchev–Trinajstić information content (AvgIpc) is 2.26. The summed E-state index contributed by atoms with van der Waals surface area (Å²) in [6, 6.07) is 6.09. The van der Waals surface area contributed by atoms with Crippen molar-refractivity contribution < 1.29 is 0 Å². The van der Waals surface area contributed by atoms with Gasteiger partial charge in [-0.05, 0) is 36.5 Å². The second-order valence-corrected chi connectivity index (χ2v) is 6.10. The van der Waals surface area contributed by atoms with Crippen LogP contribution >= 0.6 is 11.6 Å². The highest BCUT2D eigenvalue weighted by Crippen LogP contribution is 2.38. The zero-order valence-electron chi connectivity index (χ0n) is 10.6. The van der Waals surface area contributed by atoms with Gasteiger partial charge < -0.3 is 11.1 Å². The summed E-state index contributed by atoms with van der Waals surface area (Å²) in [6.07, 6.45) is 5.10. The molecular weight excluding hydrogens is 232 g/mol. The summed E-state index contributed by atoms with van der Waals surface area (Å²) in [5.74, 6) is 0. The van der Waals surface area contributed by atoms with Gasteiger partial charge in [0.05, 0.1) is 11.4 Å². The van der Waals surface area contributed by atoms with Gasteiger partial charge >= 0.3 is 0 Å². The Morgan fingerprint density at radius 2 is 2.12 bits per heavy atom. The molecule has 2 rings (SSSR count). The Morgan fingerprint density at radius 3 is 2.82 bits per heavy atom. The summed E-state index contributed by atoms with van der Waals surface area (Å²) in [6.45, 7) is 4.65. The molecule has 1 aromatic rings. The molecule has 0 amide bonds. The largest absolute Gasteiger partial charge is 0.397 e. The monoisotopic (exact) mass is 252 g/mol. The maximum Gasteiger partial charge on any atom is 0.0591 e. The van der Waals surface area contributed by atoms with Crippen molar-refractivity contribution in [2.45, 2.75) is 45.6 Å². The first kappa shape index (κ1) is 12.6. The van der Waals surface area contributed by atoms with Gasteiger partial charge in [0.1, 0.15) is 0 Å². The van der Waals surface area contributed by atoms with Crippen LogP contribution in [-0.4, -0.2) is 6.04 Å². The number of benzene rings is 1. The number of nitrogens with one attached hydrogen (secondary N) is 1. The van der Waals surface area contributed by atoms with Crippen LogP contribution in [0.5, 0.6) is 0 Å². The fourth-order valence-corrected chi connectivity index (χ4v) is 2.77. The predicted molar refractivity (Wildman–Crippen MR) is 75.5 cm³/mol. The molecule has 1 fully saturated rings. The Hall–Kier alpha value is -0.890. The van der Waals surface area contributed by atoms with Gasteiger partial charge in [0.25, 0.3) is 0 Å². The van der Waals surface area contributed by atoms with Crippen molar-refractivity contribution in [3.8, 4) is 0 Å². The molecule has 2 nitrogen and oxygen atoms in total. The van der Waals surface area contributed by atoms with E-state index < -0.39 is 0 Å². The maximum absolute atomic E-state index is 6.01. The number of hydrogen-bond donors (Lipinski definition) is 2. The van der Waals surface area contributed by atoms with E-state index in [1.807, 2.05) is 18.2 Å². The number of rotatable bonds is 2. The molecule has 0 aliphatic heterocycles. The molecule has 1 atom stereocenters. The van der Waals surface area contributed by atoms with Crippen molar-refractivity contribution in [3.63, 3.8) is 0 Å². The van der Waals surface area contributed by atoms with E-state index in [-0.39, 0.29) is 0 Å². The Morgan fingerprint density at radius 1 is 1.35 bits per heavy atom. The third-order valence-electron chi connectivity index (χ3n) is 3.85. The summed E-state index contributed by atoms with van der Waals surface area (Å²) in [5, 5.41) is 4.30. The SMILES string of the molecule is CC1(C)CCCCC1Nc1cc(Cl)ccc1N. The van der Waals surface area contributed by atoms with Crippen molar-refractivity contribution in [2.75, 3.05) is 11.1 Å². The number of hydrogen-bond acceptors (Lipinski definition) is 2. The highest BCUT2D eigenvalue weighted by atomic mass is 35.5. The smallest absolute Gasteiger partial charge is 0.0591 e. The third kappa shape index (κ3) is 2.86. The highest BCUT2D eigenvalue weighted by molar-refractivity contribution is 6.31. The lowest BCUT2D eigenvalue weighted by Crippen LogP contribution is -2.39. The van der Waals surface area contributed by atoms with Crippen molar-refractivity contribution in [1.29, 1.82) is 0 Å². The quantitative estimate of drug-likeness (QED) is 0.770. The minimum Gasteiger partial charge on any atom is -0.397 e. The minimum absolute atomic E-state index is 0.326. The van der Waals surface area contributed by atoms with Crippen LogP contribution in [0.3, 0.4) is 0 Å². The molecule has 3 N–H and O–H groups in total. The summed E-state index contributed by atoms with van der Waals surface area (Å²) in [7, 11) is 0. The lowest BCUT2D eigenvalue weighted by atomic mass is 9.73. The Kier molecular flexibility index (Phi) is 3.53. The second kappa shape index (κ2) is 4.77. The van der Waals surface area contributed by atoms with Crippen molar-refractivity contribution in [1.82, 2.24) is 0 Å². The summed E-state index contributed by atoms with van der Waals surface area (Å²) < 4.78 is 0. The van der Waals surface area contributed by atoms with Crippen LogP contribution in [0.15, 0.2) is 18.2 Å². The third-order valence-corrected chi connectivity index (χ3v) is 4.09. The van der Waals surface area contributed by atoms with Crippen LogP contribution in [-0.2, 0) is 0 Å². The van der Waals surface area contributed by atoms with E-state index >= 15 is 0 Å². The Bertz CT molecular complexity index is 401. The molecule has 3 heteroatoms. The number of anilines is 2. The number of nitrogens with two attached hydrogens (primary N) is 1. The predicted octanol–water partition coefficient (Wildman–Crippen LogP) is 4.30. The van der Waals surface area contributed by atoms with Crippen molar-refractivity contribution >= 4 is 23.0 Å². The first-order valence-corrected chi connectivity index (χ1v) is 6.68. The van der Waals surface area contributed by atoms with Gasteiger partial charge in [-0.25, -0.2) is 0 Å². The molecule has 1 unspecified atom stereocenters. The van der Waals surface area contributed by atoms with Crippen molar-refractivity contribution in [3.05, 3.63) is 23.2 Å². The fraction of sp³-hybridized carbons (Fsp3) is 0.571. The molecule has 0 saturated heterocycles. The van der Waals surface area contributed by atoms with Crippen LogP contribution < -0.4 is 11.1 Å². The number of nitrogen functional groups attached to an aromatic ring is 1.